The molecule has 1 fully saturated rings. The number of hydrogen-bond donors (Lipinski definition) is 1. The van der Waals surface area contributed by atoms with Crippen LogP contribution in [0, 0.1) is 5.92 Å². The zero-order valence-electron chi connectivity index (χ0n) is 13.6. The van der Waals surface area contributed by atoms with Gasteiger partial charge in [-0.25, -0.2) is 0 Å². The maximum Gasteiger partial charge on any atom is 0.0540 e. The Morgan fingerprint density at radius 3 is 2.90 bits per heavy atom. The maximum atomic E-state index is 4.43. The average Bonchev–Trinajstić information content (AvgIpc) is 2.88. The van der Waals surface area contributed by atoms with Crippen molar-refractivity contribution in [3.05, 3.63) is 17.5 Å². The standard InChI is InChI=1S/C17H30N4/c1-14-7-11-21(12-8-14)10-4-9-18-16-5-3-6-17-15(16)13-19-20(17)2/h13-14,16,18H,3-12H2,1-2H3. The van der Waals surface area contributed by atoms with Gasteiger partial charge >= 0.3 is 0 Å². The zero-order valence-corrected chi connectivity index (χ0v) is 13.6. The first-order chi connectivity index (χ1) is 10.2. The number of rotatable bonds is 5. The Kier molecular flexibility index (Phi) is 4.96. The second-order valence-electron chi connectivity index (χ2n) is 6.95. The molecule has 1 N–H and O–H groups in total. The van der Waals surface area contributed by atoms with Gasteiger partial charge in [0.2, 0.25) is 0 Å². The first-order valence-corrected chi connectivity index (χ1v) is 8.70. The number of piperidine rings is 1. The maximum absolute atomic E-state index is 4.43. The molecule has 1 aliphatic carbocycles. The fourth-order valence-corrected chi connectivity index (χ4v) is 3.78. The molecule has 4 nitrogen and oxygen atoms in total. The monoisotopic (exact) mass is 290 g/mol. The van der Waals surface area contributed by atoms with Gasteiger partial charge in [0, 0.05) is 24.3 Å². The first kappa shape index (κ1) is 15.0. The Morgan fingerprint density at radius 2 is 2.10 bits per heavy atom. The van der Waals surface area contributed by atoms with Crippen molar-refractivity contribution in [2.45, 2.75) is 51.5 Å². The SMILES string of the molecule is CC1CCN(CCCNC2CCCc3c2cnn3C)CC1. The molecule has 1 aliphatic heterocycles. The van der Waals surface area contributed by atoms with E-state index in [0.717, 1.165) is 12.5 Å². The molecular weight excluding hydrogens is 260 g/mol. The van der Waals surface area contributed by atoms with Crippen molar-refractivity contribution in [1.29, 1.82) is 0 Å². The summed E-state index contributed by atoms with van der Waals surface area (Å²) in [6.45, 7) is 7.37. The van der Waals surface area contributed by atoms with E-state index < -0.39 is 0 Å². The normalized spacial score (nSPS) is 24.2. The third-order valence-corrected chi connectivity index (χ3v) is 5.29. The highest BCUT2D eigenvalue weighted by atomic mass is 15.3. The molecule has 0 saturated carbocycles. The fraction of sp³-hybridized carbons (Fsp3) is 0.824. The number of aromatic nitrogens is 2. The molecule has 21 heavy (non-hydrogen) atoms. The number of fused-ring (bicyclic) bond motifs is 1. The summed E-state index contributed by atoms with van der Waals surface area (Å²) in [5, 5.41) is 8.19. The van der Waals surface area contributed by atoms with Gasteiger partial charge in [-0.2, -0.15) is 5.10 Å². The summed E-state index contributed by atoms with van der Waals surface area (Å²) in [7, 11) is 2.07. The molecule has 1 saturated heterocycles. The van der Waals surface area contributed by atoms with E-state index in [9.17, 15) is 0 Å². The van der Waals surface area contributed by atoms with Gasteiger partial charge in [-0.15, -0.1) is 0 Å². The molecule has 2 aliphatic rings. The van der Waals surface area contributed by atoms with E-state index in [2.05, 4.69) is 40.2 Å². The van der Waals surface area contributed by atoms with E-state index in [-0.39, 0.29) is 0 Å². The summed E-state index contributed by atoms with van der Waals surface area (Å²) in [4.78, 5) is 2.64. The Morgan fingerprint density at radius 1 is 1.29 bits per heavy atom. The third kappa shape index (κ3) is 3.67. The van der Waals surface area contributed by atoms with Gasteiger partial charge in [-0.1, -0.05) is 6.92 Å². The molecule has 0 radical (unpaired) electrons. The van der Waals surface area contributed by atoms with E-state index in [1.807, 2.05) is 0 Å². The molecule has 1 aromatic heterocycles. The van der Waals surface area contributed by atoms with Crippen molar-refractivity contribution in [3.8, 4) is 0 Å². The first-order valence-electron chi connectivity index (χ1n) is 8.70. The lowest BCUT2D eigenvalue weighted by atomic mass is 9.93. The van der Waals surface area contributed by atoms with Crippen LogP contribution in [0.3, 0.4) is 0 Å². The predicted octanol–water partition coefficient (Wildman–Crippen LogP) is 2.51. The minimum Gasteiger partial charge on any atom is -0.310 e. The van der Waals surface area contributed by atoms with Crippen molar-refractivity contribution in [1.82, 2.24) is 20.0 Å². The van der Waals surface area contributed by atoms with E-state index in [0.29, 0.717) is 6.04 Å². The summed E-state index contributed by atoms with van der Waals surface area (Å²) in [6.07, 6.45) is 9.84. The molecule has 0 aromatic carbocycles. The Bertz CT molecular complexity index is 446. The van der Waals surface area contributed by atoms with Crippen LogP contribution in [-0.2, 0) is 13.5 Å². The smallest absolute Gasteiger partial charge is 0.0540 e. The quantitative estimate of drug-likeness (QED) is 0.846. The van der Waals surface area contributed by atoms with Gasteiger partial charge in [0.05, 0.1) is 6.20 Å². The van der Waals surface area contributed by atoms with Crippen LogP contribution in [-0.4, -0.2) is 40.9 Å². The van der Waals surface area contributed by atoms with Gasteiger partial charge in [0.25, 0.3) is 0 Å². The fourth-order valence-electron chi connectivity index (χ4n) is 3.78. The van der Waals surface area contributed by atoms with Crippen LogP contribution in [0.1, 0.15) is 56.3 Å². The van der Waals surface area contributed by atoms with Gasteiger partial charge < -0.3 is 10.2 Å². The molecule has 0 spiro atoms. The Labute approximate surface area is 128 Å². The molecule has 2 heterocycles. The molecule has 0 bridgehead atoms. The summed E-state index contributed by atoms with van der Waals surface area (Å²) in [6, 6.07) is 0.531. The summed E-state index contributed by atoms with van der Waals surface area (Å²) in [5.41, 5.74) is 2.87. The van der Waals surface area contributed by atoms with Crippen LogP contribution in [0.5, 0.6) is 0 Å². The van der Waals surface area contributed by atoms with E-state index in [1.165, 1.54) is 69.4 Å². The second-order valence-corrected chi connectivity index (χ2v) is 6.95. The summed E-state index contributed by atoms with van der Waals surface area (Å²) < 4.78 is 2.05. The van der Waals surface area contributed by atoms with Gasteiger partial charge in [-0.05, 0) is 70.6 Å². The molecule has 118 valence electrons. The van der Waals surface area contributed by atoms with Crippen LogP contribution < -0.4 is 5.32 Å². The number of nitrogens with zero attached hydrogens (tertiary/aromatic N) is 3. The van der Waals surface area contributed by atoms with E-state index in [4.69, 9.17) is 0 Å². The molecule has 1 atom stereocenters. The van der Waals surface area contributed by atoms with Crippen LogP contribution >= 0.6 is 0 Å². The van der Waals surface area contributed by atoms with Crippen LogP contribution in [0.15, 0.2) is 6.20 Å². The number of nitrogens with one attached hydrogen (secondary N) is 1. The molecule has 3 rings (SSSR count). The van der Waals surface area contributed by atoms with Crippen LogP contribution in [0.25, 0.3) is 0 Å². The van der Waals surface area contributed by atoms with Gasteiger partial charge in [-0.3, -0.25) is 4.68 Å². The summed E-state index contributed by atoms with van der Waals surface area (Å²) >= 11 is 0. The number of aryl methyl sites for hydroxylation is 1. The third-order valence-electron chi connectivity index (χ3n) is 5.29. The largest absolute Gasteiger partial charge is 0.310 e. The highest BCUT2D eigenvalue weighted by molar-refractivity contribution is 5.24. The molecule has 4 heteroatoms. The minimum atomic E-state index is 0.531. The number of likely N-dealkylation sites (tertiary alicyclic amines) is 1. The van der Waals surface area contributed by atoms with Crippen molar-refractivity contribution in [2.24, 2.45) is 13.0 Å². The molecule has 1 aromatic rings. The lowest BCUT2D eigenvalue weighted by Gasteiger charge is -2.30. The van der Waals surface area contributed by atoms with Crippen molar-refractivity contribution in [3.63, 3.8) is 0 Å². The Hall–Kier alpha value is -0.870. The van der Waals surface area contributed by atoms with Gasteiger partial charge in [0.15, 0.2) is 0 Å². The molecule has 1 unspecified atom stereocenters. The van der Waals surface area contributed by atoms with E-state index >= 15 is 0 Å². The predicted molar refractivity (Wildman–Crippen MR) is 86.3 cm³/mol. The zero-order chi connectivity index (χ0) is 14.7. The van der Waals surface area contributed by atoms with Crippen molar-refractivity contribution >= 4 is 0 Å². The Balaban J connectivity index is 1.40. The molecule has 0 amide bonds. The second kappa shape index (κ2) is 6.93. The van der Waals surface area contributed by atoms with Crippen LogP contribution in [0.4, 0.5) is 0 Å². The molecular formula is C17H30N4. The average molecular weight is 290 g/mol. The van der Waals surface area contributed by atoms with Crippen molar-refractivity contribution in [2.75, 3.05) is 26.2 Å². The van der Waals surface area contributed by atoms with Crippen molar-refractivity contribution < 1.29 is 0 Å². The minimum absolute atomic E-state index is 0.531. The lowest BCUT2D eigenvalue weighted by molar-refractivity contribution is 0.189. The van der Waals surface area contributed by atoms with E-state index in [1.54, 1.807) is 0 Å². The lowest BCUT2D eigenvalue weighted by Crippen LogP contribution is -2.35. The number of hydrogen-bond acceptors (Lipinski definition) is 3. The highest BCUT2D eigenvalue weighted by Gasteiger charge is 2.22. The topological polar surface area (TPSA) is 33.1 Å². The van der Waals surface area contributed by atoms with Crippen LogP contribution in [0.2, 0.25) is 0 Å². The van der Waals surface area contributed by atoms with Gasteiger partial charge in [0.1, 0.15) is 0 Å². The highest BCUT2D eigenvalue weighted by Crippen LogP contribution is 2.28. The summed E-state index contributed by atoms with van der Waals surface area (Å²) in [5.74, 6) is 0.936.